The average molecular weight is 680 g/mol. The second-order valence-corrected chi connectivity index (χ2v) is 11.9. The van der Waals surface area contributed by atoms with Crippen LogP contribution in [0.5, 0.6) is 0 Å². The van der Waals surface area contributed by atoms with Gasteiger partial charge in [0.05, 0.1) is 25.5 Å². The third-order valence-electron chi connectivity index (χ3n) is 6.96. The van der Waals surface area contributed by atoms with Crippen LogP contribution in [0.3, 0.4) is 0 Å². The van der Waals surface area contributed by atoms with Crippen LogP contribution in [0.25, 0.3) is 0 Å². The molecule has 16 heteroatoms. The largest absolute Gasteiger partial charge is 0.376 e. The predicted octanol–water partition coefficient (Wildman–Crippen LogP) is -0.870. The van der Waals surface area contributed by atoms with E-state index < -0.39 is 42.1 Å². The Morgan fingerprint density at radius 3 is 2.13 bits per heavy atom. The first kappa shape index (κ1) is 40.8. The van der Waals surface area contributed by atoms with Crippen LogP contribution in [-0.2, 0) is 40.0 Å². The Hall–Kier alpha value is -4.18. The quantitative estimate of drug-likeness (QED) is 0.0531. The van der Waals surface area contributed by atoms with Gasteiger partial charge in [0.25, 0.3) is 0 Å². The molecule has 0 saturated heterocycles. The van der Waals surface area contributed by atoms with Gasteiger partial charge in [-0.15, -0.1) is 11.8 Å². The zero-order valence-corrected chi connectivity index (χ0v) is 28.0. The first-order chi connectivity index (χ1) is 22.5. The lowest BCUT2D eigenvalue weighted by Gasteiger charge is -2.23. The van der Waals surface area contributed by atoms with Gasteiger partial charge in [-0.05, 0) is 24.8 Å². The summed E-state index contributed by atoms with van der Waals surface area (Å²) in [6, 6.07) is 7.91. The number of aliphatic hydroxyl groups excluding tert-OH is 1. The summed E-state index contributed by atoms with van der Waals surface area (Å²) in [5.41, 5.74) is 5.84. The first-order valence-electron chi connectivity index (χ1n) is 15.6. The Morgan fingerprint density at radius 2 is 1.47 bits per heavy atom. The van der Waals surface area contributed by atoms with Crippen LogP contribution in [-0.4, -0.2) is 102 Å². The fourth-order valence-electron chi connectivity index (χ4n) is 4.04. The van der Waals surface area contributed by atoms with E-state index in [2.05, 4.69) is 26.6 Å². The third kappa shape index (κ3) is 19.2. The summed E-state index contributed by atoms with van der Waals surface area (Å²) < 4.78 is 0. The molecule has 47 heavy (non-hydrogen) atoms. The van der Waals surface area contributed by atoms with E-state index in [4.69, 9.17) is 5.73 Å². The molecule has 0 aliphatic rings. The van der Waals surface area contributed by atoms with Crippen molar-refractivity contribution in [2.45, 2.75) is 64.8 Å². The molecule has 0 heterocycles. The lowest BCUT2D eigenvalue weighted by Crippen LogP contribution is -2.52. The lowest BCUT2D eigenvalue weighted by atomic mass is 10.1. The average Bonchev–Trinajstić information content (AvgIpc) is 3.06. The minimum Gasteiger partial charge on any atom is -0.376 e. The number of nitrogens with one attached hydrogen (secondary N) is 5. The van der Waals surface area contributed by atoms with Crippen LogP contribution in [0.1, 0.15) is 57.9 Å². The fraction of sp³-hybridized carbons (Fsp3) is 0.581. The van der Waals surface area contributed by atoms with Gasteiger partial charge in [-0.25, -0.2) is 0 Å². The predicted molar refractivity (Wildman–Crippen MR) is 177 cm³/mol. The highest BCUT2D eigenvalue weighted by Crippen LogP contribution is 2.09. The molecule has 1 aromatic rings. The normalized spacial score (nSPS) is 11.8. The molecule has 0 aromatic heterocycles. The summed E-state index contributed by atoms with van der Waals surface area (Å²) in [6.07, 6.45) is 3.00. The van der Waals surface area contributed by atoms with Crippen LogP contribution in [0, 0.1) is 5.92 Å². The van der Waals surface area contributed by atoms with Crippen LogP contribution in [0.2, 0.25) is 0 Å². The number of nitrogens with zero attached hydrogens (tertiary/aromatic N) is 1. The number of carbonyl (C=O) groups is 7. The third-order valence-corrected chi connectivity index (χ3v) is 7.80. The molecule has 1 aromatic carbocycles. The number of thioether (sulfide) groups is 1. The minimum atomic E-state index is -1.03. The Morgan fingerprint density at radius 1 is 0.830 bits per heavy atom. The Kier molecular flexibility index (Phi) is 20.9. The molecule has 0 radical (unpaired) electrons. The van der Waals surface area contributed by atoms with E-state index in [0.29, 0.717) is 38.0 Å². The van der Waals surface area contributed by atoms with Gasteiger partial charge in [0.1, 0.15) is 12.8 Å². The molecule has 0 spiro atoms. The maximum atomic E-state index is 12.9. The van der Waals surface area contributed by atoms with Crippen LogP contribution < -0.4 is 32.3 Å². The summed E-state index contributed by atoms with van der Waals surface area (Å²) >= 11 is 1.30. The van der Waals surface area contributed by atoms with Crippen LogP contribution in [0.15, 0.2) is 30.3 Å². The number of carbonyl (C=O) groups excluding carboxylic acids is 7. The van der Waals surface area contributed by atoms with Gasteiger partial charge in [-0.1, -0.05) is 50.6 Å². The first-order valence-corrected chi connectivity index (χ1v) is 16.8. The Balaban J connectivity index is 2.42. The molecule has 1 unspecified atom stereocenters. The van der Waals surface area contributed by atoms with E-state index in [1.165, 1.54) is 16.7 Å². The van der Waals surface area contributed by atoms with Crippen molar-refractivity contribution in [3.63, 3.8) is 0 Å². The summed E-state index contributed by atoms with van der Waals surface area (Å²) in [4.78, 5) is 86.3. The van der Waals surface area contributed by atoms with Gasteiger partial charge in [0, 0.05) is 37.5 Å². The van der Waals surface area contributed by atoms with Crippen LogP contribution in [0.4, 0.5) is 0 Å². The molecule has 7 amide bonds. The molecule has 0 aliphatic heterocycles. The van der Waals surface area contributed by atoms with E-state index in [1.54, 1.807) is 24.3 Å². The monoisotopic (exact) mass is 679 g/mol. The Bertz CT molecular complexity index is 1170. The van der Waals surface area contributed by atoms with E-state index in [0.717, 1.165) is 5.56 Å². The van der Waals surface area contributed by atoms with E-state index in [9.17, 15) is 38.7 Å². The van der Waals surface area contributed by atoms with Crippen molar-refractivity contribution in [3.8, 4) is 0 Å². The Labute approximate surface area is 279 Å². The molecule has 262 valence electrons. The summed E-state index contributed by atoms with van der Waals surface area (Å²) in [5, 5.41) is 22.0. The number of benzene rings is 1. The van der Waals surface area contributed by atoms with Gasteiger partial charge in [-0.3, -0.25) is 33.6 Å². The smallest absolute Gasteiger partial charge is 0.243 e. The highest BCUT2D eigenvalue weighted by molar-refractivity contribution is 7.99. The summed E-state index contributed by atoms with van der Waals surface area (Å²) in [7, 11) is 0. The standard InChI is InChI=1S/C31H49N7O8S/c1-3-22(2)31(46)38(21-39)14-9-5-8-12-26(41)33-17-27(42)34-19-29(44)37-24(16-23-10-6-4-7-11-23)30(45)35-18-28(43)36-20-47-15-13-25(32)40/h4,6-7,10-11,22,24,39H,3,5,8-9,12-21H2,1-2H3,(H2,32,40)(H,33,41)(H,34,42)(H,35,45)(H,36,43)(H,37,44)/t22?,24-/m0/s1. The molecule has 15 nitrogen and oxygen atoms in total. The van der Waals surface area contributed by atoms with Crippen molar-refractivity contribution in [3.05, 3.63) is 35.9 Å². The van der Waals surface area contributed by atoms with Crippen molar-refractivity contribution in [1.29, 1.82) is 0 Å². The minimum absolute atomic E-state index is 0.103. The van der Waals surface area contributed by atoms with Crippen molar-refractivity contribution < 1.29 is 38.7 Å². The molecule has 0 aliphatic carbocycles. The van der Waals surface area contributed by atoms with Gasteiger partial charge in [0.2, 0.25) is 41.4 Å². The molecular weight excluding hydrogens is 630 g/mol. The molecule has 2 atom stereocenters. The topological polar surface area (TPSA) is 229 Å². The zero-order chi connectivity index (χ0) is 35.0. The number of hydrogen-bond acceptors (Lipinski definition) is 9. The van der Waals surface area contributed by atoms with Gasteiger partial charge in [-0.2, -0.15) is 0 Å². The second-order valence-electron chi connectivity index (χ2n) is 10.8. The number of rotatable bonds is 24. The number of nitrogens with two attached hydrogens (primary N) is 1. The fourth-order valence-corrected chi connectivity index (χ4v) is 4.80. The molecule has 0 fully saturated rings. The number of hydrogen-bond donors (Lipinski definition) is 7. The van der Waals surface area contributed by atoms with Gasteiger partial charge >= 0.3 is 0 Å². The van der Waals surface area contributed by atoms with E-state index in [1.807, 2.05) is 19.9 Å². The highest BCUT2D eigenvalue weighted by Gasteiger charge is 2.22. The van der Waals surface area contributed by atoms with Gasteiger partial charge < -0.3 is 42.3 Å². The van der Waals surface area contributed by atoms with E-state index in [-0.39, 0.29) is 62.7 Å². The molecule has 0 saturated carbocycles. The number of amides is 7. The molecule has 1 rings (SSSR count). The molecule has 0 bridgehead atoms. The number of primary amides is 1. The SMILES string of the molecule is CCC(C)C(=O)N(CO)CCCCCC(=O)NCC(=O)NCC(=O)N[C@@H](Cc1ccccc1)C(=O)NCC(=O)NCSCCC(N)=O. The lowest BCUT2D eigenvalue weighted by molar-refractivity contribution is -0.139. The van der Waals surface area contributed by atoms with Gasteiger partial charge in [0.15, 0.2) is 0 Å². The van der Waals surface area contributed by atoms with Crippen LogP contribution >= 0.6 is 11.8 Å². The number of aliphatic hydroxyl groups is 1. The maximum absolute atomic E-state index is 12.9. The summed E-state index contributed by atoms with van der Waals surface area (Å²) in [6.45, 7) is 2.66. The maximum Gasteiger partial charge on any atom is 0.243 e. The van der Waals surface area contributed by atoms with Crippen molar-refractivity contribution >= 4 is 53.1 Å². The molecule has 8 N–H and O–H groups in total. The van der Waals surface area contributed by atoms with Crippen molar-refractivity contribution in [2.24, 2.45) is 11.7 Å². The van der Waals surface area contributed by atoms with Crippen molar-refractivity contribution in [1.82, 2.24) is 31.5 Å². The number of unbranched alkanes of at least 4 members (excludes halogenated alkanes) is 2. The van der Waals surface area contributed by atoms with Crippen molar-refractivity contribution in [2.75, 3.05) is 44.5 Å². The molecular formula is C31H49N7O8S. The zero-order valence-electron chi connectivity index (χ0n) is 27.2. The van der Waals surface area contributed by atoms with E-state index >= 15 is 0 Å². The highest BCUT2D eigenvalue weighted by atomic mass is 32.2. The second kappa shape index (κ2) is 24.1. The summed E-state index contributed by atoms with van der Waals surface area (Å²) in [5.74, 6) is -2.64.